The highest BCUT2D eigenvalue weighted by Crippen LogP contribution is 2.33. The summed E-state index contributed by atoms with van der Waals surface area (Å²) in [7, 11) is 0. The maximum absolute atomic E-state index is 13.1. The van der Waals surface area contributed by atoms with Crippen molar-refractivity contribution in [1.82, 2.24) is 15.0 Å². The Kier molecular flexibility index (Phi) is 5.07. The fourth-order valence-electron chi connectivity index (χ4n) is 3.61. The molecule has 1 fully saturated rings. The van der Waals surface area contributed by atoms with E-state index in [2.05, 4.69) is 27.2 Å². The molecule has 3 heterocycles. The van der Waals surface area contributed by atoms with Gasteiger partial charge in [-0.25, -0.2) is 4.39 Å². The molecule has 1 aliphatic heterocycles. The number of aromatic nitrogens is 2. The van der Waals surface area contributed by atoms with Crippen LogP contribution in [0.3, 0.4) is 0 Å². The van der Waals surface area contributed by atoms with E-state index in [0.29, 0.717) is 5.76 Å². The number of benzene rings is 1. The van der Waals surface area contributed by atoms with Gasteiger partial charge in [-0.05, 0) is 61.3 Å². The molecule has 2 aromatic heterocycles. The van der Waals surface area contributed by atoms with Crippen molar-refractivity contribution >= 4 is 0 Å². The zero-order valence-electron chi connectivity index (χ0n) is 14.6. The highest BCUT2D eigenvalue weighted by Gasteiger charge is 2.26. The van der Waals surface area contributed by atoms with E-state index < -0.39 is 0 Å². The van der Waals surface area contributed by atoms with Crippen LogP contribution in [0, 0.1) is 5.82 Å². The quantitative estimate of drug-likeness (QED) is 0.664. The Balaban J connectivity index is 1.58. The van der Waals surface area contributed by atoms with E-state index in [9.17, 15) is 4.39 Å². The van der Waals surface area contributed by atoms with Crippen LogP contribution < -0.4 is 0 Å². The van der Waals surface area contributed by atoms with Gasteiger partial charge in [0.05, 0.1) is 6.04 Å². The number of hydrogen-bond donors (Lipinski definition) is 0. The lowest BCUT2D eigenvalue weighted by atomic mass is 10.0. The van der Waals surface area contributed by atoms with E-state index in [1.807, 2.05) is 18.5 Å². The number of rotatable bonds is 4. The van der Waals surface area contributed by atoms with E-state index >= 15 is 0 Å². The first-order chi connectivity index (χ1) is 12.8. The van der Waals surface area contributed by atoms with Crippen molar-refractivity contribution in [3.8, 4) is 11.3 Å². The molecule has 134 valence electrons. The molecular weight excluding hydrogens is 329 g/mol. The molecule has 1 aliphatic rings. The van der Waals surface area contributed by atoms with Crippen LogP contribution in [0.1, 0.15) is 43.0 Å². The summed E-state index contributed by atoms with van der Waals surface area (Å²) < 4.78 is 18.7. The normalized spacial score (nSPS) is 18.6. The second kappa shape index (κ2) is 7.79. The molecule has 0 amide bonds. The molecule has 0 N–H and O–H groups in total. The zero-order chi connectivity index (χ0) is 17.8. The predicted molar refractivity (Wildman–Crippen MR) is 97.8 cm³/mol. The Morgan fingerprint density at radius 3 is 2.65 bits per heavy atom. The van der Waals surface area contributed by atoms with Gasteiger partial charge in [0.1, 0.15) is 11.5 Å². The minimum Gasteiger partial charge on any atom is -0.356 e. The number of likely N-dealkylation sites (tertiary alicyclic amines) is 1. The molecule has 0 radical (unpaired) electrons. The number of halogens is 1. The highest BCUT2D eigenvalue weighted by atomic mass is 19.1. The van der Waals surface area contributed by atoms with Gasteiger partial charge in [-0.3, -0.25) is 9.88 Å². The summed E-state index contributed by atoms with van der Waals surface area (Å²) >= 11 is 0. The maximum Gasteiger partial charge on any atom is 0.167 e. The fourth-order valence-corrected chi connectivity index (χ4v) is 3.61. The van der Waals surface area contributed by atoms with Crippen LogP contribution in [0.15, 0.2) is 59.4 Å². The minimum absolute atomic E-state index is 0.239. The molecule has 0 spiro atoms. The average Bonchev–Trinajstić information content (AvgIpc) is 3.04. The molecular formula is C21H22FN3O. The van der Waals surface area contributed by atoms with Crippen LogP contribution in [0.2, 0.25) is 0 Å². The molecule has 0 saturated carbocycles. The smallest absolute Gasteiger partial charge is 0.167 e. The van der Waals surface area contributed by atoms with E-state index in [4.69, 9.17) is 4.52 Å². The van der Waals surface area contributed by atoms with Gasteiger partial charge in [-0.15, -0.1) is 0 Å². The Morgan fingerprint density at radius 2 is 1.85 bits per heavy atom. The van der Waals surface area contributed by atoms with Gasteiger partial charge in [0.15, 0.2) is 5.76 Å². The van der Waals surface area contributed by atoms with Crippen LogP contribution in [0.4, 0.5) is 4.39 Å². The summed E-state index contributed by atoms with van der Waals surface area (Å²) in [6.45, 7) is 1.93. The third-order valence-electron chi connectivity index (χ3n) is 5.00. The Morgan fingerprint density at radius 1 is 1.04 bits per heavy atom. The Bertz CT molecular complexity index is 832. The number of nitrogens with zero attached hydrogens (tertiary/aromatic N) is 3. The van der Waals surface area contributed by atoms with Gasteiger partial charge in [0, 0.05) is 30.6 Å². The van der Waals surface area contributed by atoms with E-state index in [1.54, 1.807) is 12.1 Å². The molecule has 0 aliphatic carbocycles. The first kappa shape index (κ1) is 16.9. The number of pyridine rings is 1. The molecule has 4 nitrogen and oxygen atoms in total. The van der Waals surface area contributed by atoms with Gasteiger partial charge >= 0.3 is 0 Å². The van der Waals surface area contributed by atoms with E-state index in [1.165, 1.54) is 37.0 Å². The van der Waals surface area contributed by atoms with Gasteiger partial charge in [-0.2, -0.15) is 0 Å². The lowest BCUT2D eigenvalue weighted by Crippen LogP contribution is -2.28. The molecule has 26 heavy (non-hydrogen) atoms. The Hall–Kier alpha value is -2.53. The molecule has 4 rings (SSSR count). The predicted octanol–water partition coefficient (Wildman–Crippen LogP) is 4.99. The molecule has 1 atom stereocenters. The van der Waals surface area contributed by atoms with Crippen molar-refractivity contribution in [1.29, 1.82) is 0 Å². The Labute approximate surface area is 152 Å². The zero-order valence-corrected chi connectivity index (χ0v) is 14.6. The summed E-state index contributed by atoms with van der Waals surface area (Å²) in [4.78, 5) is 6.59. The van der Waals surface area contributed by atoms with Crippen molar-refractivity contribution in [2.75, 3.05) is 6.54 Å². The molecule has 0 bridgehead atoms. The van der Waals surface area contributed by atoms with E-state index in [0.717, 1.165) is 30.8 Å². The minimum atomic E-state index is -0.249. The largest absolute Gasteiger partial charge is 0.356 e. The van der Waals surface area contributed by atoms with Crippen molar-refractivity contribution in [3.05, 3.63) is 71.9 Å². The SMILES string of the molecule is Fc1ccc(-c2cc(C3CCCCCN3Cc3ccncc3)no2)cc1. The number of hydrogen-bond acceptors (Lipinski definition) is 4. The van der Waals surface area contributed by atoms with E-state index in [-0.39, 0.29) is 11.9 Å². The fraction of sp³-hybridized carbons (Fsp3) is 0.333. The first-order valence-corrected chi connectivity index (χ1v) is 9.15. The van der Waals surface area contributed by atoms with Crippen molar-refractivity contribution in [3.63, 3.8) is 0 Å². The van der Waals surface area contributed by atoms with Gasteiger partial charge in [0.2, 0.25) is 0 Å². The van der Waals surface area contributed by atoms with Gasteiger partial charge in [0.25, 0.3) is 0 Å². The summed E-state index contributed by atoms with van der Waals surface area (Å²) in [5.41, 5.74) is 3.06. The van der Waals surface area contributed by atoms with Crippen molar-refractivity contribution < 1.29 is 8.91 Å². The second-order valence-electron chi connectivity index (χ2n) is 6.81. The molecule has 1 unspecified atom stereocenters. The van der Waals surface area contributed by atoms with Gasteiger partial charge < -0.3 is 4.52 Å². The lowest BCUT2D eigenvalue weighted by molar-refractivity contribution is 0.184. The van der Waals surface area contributed by atoms with Crippen LogP contribution in [0.25, 0.3) is 11.3 Å². The van der Waals surface area contributed by atoms with Crippen LogP contribution >= 0.6 is 0 Å². The molecule has 1 aromatic carbocycles. The van der Waals surface area contributed by atoms with Crippen LogP contribution in [0.5, 0.6) is 0 Å². The van der Waals surface area contributed by atoms with Crippen LogP contribution in [-0.2, 0) is 6.54 Å². The molecule has 1 saturated heterocycles. The second-order valence-corrected chi connectivity index (χ2v) is 6.81. The van der Waals surface area contributed by atoms with Crippen molar-refractivity contribution in [2.45, 2.75) is 38.3 Å². The topological polar surface area (TPSA) is 42.2 Å². The summed E-state index contributed by atoms with van der Waals surface area (Å²) in [6, 6.07) is 12.7. The maximum atomic E-state index is 13.1. The summed E-state index contributed by atoms with van der Waals surface area (Å²) in [5, 5.41) is 4.35. The third-order valence-corrected chi connectivity index (χ3v) is 5.00. The van der Waals surface area contributed by atoms with Gasteiger partial charge in [-0.1, -0.05) is 18.0 Å². The monoisotopic (exact) mass is 351 g/mol. The molecule has 3 aromatic rings. The first-order valence-electron chi connectivity index (χ1n) is 9.15. The summed E-state index contributed by atoms with van der Waals surface area (Å²) in [5.74, 6) is 0.439. The third kappa shape index (κ3) is 3.83. The summed E-state index contributed by atoms with van der Waals surface area (Å²) in [6.07, 6.45) is 8.38. The lowest BCUT2D eigenvalue weighted by Gasteiger charge is -2.28. The standard InChI is InChI=1S/C21H22FN3O/c22-18-7-5-17(6-8-18)21-14-19(24-26-21)20-4-2-1-3-13-25(20)15-16-9-11-23-12-10-16/h5-12,14,20H,1-4,13,15H2. The highest BCUT2D eigenvalue weighted by molar-refractivity contribution is 5.57. The van der Waals surface area contributed by atoms with Crippen LogP contribution in [-0.4, -0.2) is 21.6 Å². The molecule has 5 heteroatoms. The van der Waals surface area contributed by atoms with Crippen molar-refractivity contribution in [2.24, 2.45) is 0 Å². The average molecular weight is 351 g/mol.